The fraction of sp³-hybridized carbons (Fsp3) is 0.667. The lowest BCUT2D eigenvalue weighted by molar-refractivity contribution is 0.153. The molecule has 4 heteroatoms. The summed E-state index contributed by atoms with van der Waals surface area (Å²) >= 11 is 0. The number of hydrogen-bond donors (Lipinski definition) is 0. The fourth-order valence-electron chi connectivity index (χ4n) is 3.90. The summed E-state index contributed by atoms with van der Waals surface area (Å²) in [7, 11) is 3.88. The summed E-state index contributed by atoms with van der Waals surface area (Å²) in [5, 5.41) is 0. The minimum Gasteiger partial charge on any atom is -0.323 e. The molecule has 1 aliphatic carbocycles. The van der Waals surface area contributed by atoms with Gasteiger partial charge < -0.3 is 4.52 Å². The van der Waals surface area contributed by atoms with Crippen LogP contribution < -0.4 is 0 Å². The van der Waals surface area contributed by atoms with Crippen LogP contribution in [0.2, 0.25) is 0 Å². The van der Waals surface area contributed by atoms with E-state index in [0.717, 1.165) is 0 Å². The van der Waals surface area contributed by atoms with Crippen molar-refractivity contribution in [2.24, 2.45) is 5.92 Å². The standard InChI is InChI=1S/C18H29N2OP/c1-14(2)18(15-10-6-5-7-11-15)21-22-19(3)16-12-8-9-13-17(16)20(22)4/h5-7,10-11,14,16-18H,8-9,12-13H2,1-4H3/t16-,17-,18-/m1/s1. The van der Waals surface area contributed by atoms with E-state index >= 15 is 0 Å². The highest BCUT2D eigenvalue weighted by molar-refractivity contribution is 7.47. The zero-order valence-electron chi connectivity index (χ0n) is 14.3. The van der Waals surface area contributed by atoms with Crippen molar-refractivity contribution in [1.29, 1.82) is 0 Å². The SMILES string of the molecule is CC(C)[C@@H](OP1N(C)[C@@H]2CCCC[C@H]2N1C)c1ccccc1. The molecular weight excluding hydrogens is 291 g/mol. The number of nitrogens with zero attached hydrogens (tertiary/aromatic N) is 2. The maximum atomic E-state index is 6.69. The fourth-order valence-corrected chi connectivity index (χ4v) is 6.26. The van der Waals surface area contributed by atoms with Gasteiger partial charge in [-0.3, -0.25) is 0 Å². The number of likely N-dealkylation sites (N-methyl/N-ethyl adjacent to an activating group) is 2. The number of benzene rings is 1. The van der Waals surface area contributed by atoms with Crippen molar-refractivity contribution < 1.29 is 4.52 Å². The van der Waals surface area contributed by atoms with Gasteiger partial charge in [-0.25, -0.2) is 9.34 Å². The van der Waals surface area contributed by atoms with E-state index in [1.165, 1.54) is 31.2 Å². The van der Waals surface area contributed by atoms with Crippen LogP contribution in [0.25, 0.3) is 0 Å². The first kappa shape index (κ1) is 16.4. The lowest BCUT2D eigenvalue weighted by atomic mass is 9.91. The van der Waals surface area contributed by atoms with Gasteiger partial charge in [0.05, 0.1) is 6.10 Å². The van der Waals surface area contributed by atoms with Crippen LogP contribution >= 0.6 is 8.45 Å². The number of rotatable bonds is 4. The van der Waals surface area contributed by atoms with E-state index in [1.807, 2.05) is 0 Å². The van der Waals surface area contributed by atoms with Gasteiger partial charge in [0.15, 0.2) is 8.45 Å². The zero-order valence-corrected chi connectivity index (χ0v) is 15.2. The molecule has 3 nitrogen and oxygen atoms in total. The molecule has 22 heavy (non-hydrogen) atoms. The third-order valence-corrected chi connectivity index (χ3v) is 7.22. The lowest BCUT2D eigenvalue weighted by Crippen LogP contribution is -2.37. The minimum absolute atomic E-state index is 0.178. The van der Waals surface area contributed by atoms with Crippen molar-refractivity contribution in [3.63, 3.8) is 0 Å². The summed E-state index contributed by atoms with van der Waals surface area (Å²) in [6.45, 7) is 4.52. The van der Waals surface area contributed by atoms with E-state index in [2.05, 4.69) is 67.6 Å². The van der Waals surface area contributed by atoms with E-state index in [1.54, 1.807) is 0 Å². The van der Waals surface area contributed by atoms with E-state index in [4.69, 9.17) is 4.52 Å². The third-order valence-electron chi connectivity index (χ3n) is 5.14. The van der Waals surface area contributed by atoms with Crippen molar-refractivity contribution in [3.05, 3.63) is 35.9 Å². The smallest absolute Gasteiger partial charge is 0.188 e. The molecule has 0 spiro atoms. The molecule has 0 amide bonds. The quantitative estimate of drug-likeness (QED) is 0.740. The van der Waals surface area contributed by atoms with Crippen LogP contribution in [0.1, 0.15) is 51.2 Å². The van der Waals surface area contributed by atoms with Gasteiger partial charge in [-0.1, -0.05) is 57.0 Å². The number of fused-ring (bicyclic) bond motifs is 1. The van der Waals surface area contributed by atoms with Crippen LogP contribution in [-0.4, -0.2) is 35.5 Å². The highest BCUT2D eigenvalue weighted by atomic mass is 31.2. The molecule has 1 aromatic carbocycles. The second kappa shape index (κ2) is 6.97. The Morgan fingerprint density at radius 3 is 2.05 bits per heavy atom. The van der Waals surface area contributed by atoms with Crippen LogP contribution in [0.5, 0.6) is 0 Å². The average molecular weight is 320 g/mol. The Morgan fingerprint density at radius 1 is 1.00 bits per heavy atom. The Hall–Kier alpha value is -0.470. The van der Waals surface area contributed by atoms with E-state index in [0.29, 0.717) is 18.0 Å². The molecular formula is C18H29N2OP. The number of hydrogen-bond acceptors (Lipinski definition) is 3. The first-order valence-electron chi connectivity index (χ1n) is 8.57. The van der Waals surface area contributed by atoms with Gasteiger partial charge in [-0.2, -0.15) is 0 Å². The largest absolute Gasteiger partial charge is 0.323 e. The van der Waals surface area contributed by atoms with Gasteiger partial charge >= 0.3 is 0 Å². The molecule has 122 valence electrons. The summed E-state index contributed by atoms with van der Waals surface area (Å²) in [6, 6.07) is 12.1. The van der Waals surface area contributed by atoms with Gasteiger partial charge in [0.2, 0.25) is 0 Å². The molecule has 0 unspecified atom stereocenters. The molecule has 2 aliphatic rings. The molecule has 2 fully saturated rings. The first-order chi connectivity index (χ1) is 10.6. The minimum atomic E-state index is -0.647. The topological polar surface area (TPSA) is 15.7 Å². The third kappa shape index (κ3) is 3.10. The van der Waals surface area contributed by atoms with Crippen molar-refractivity contribution in [1.82, 2.24) is 9.34 Å². The van der Waals surface area contributed by atoms with E-state index in [-0.39, 0.29) is 6.10 Å². The van der Waals surface area contributed by atoms with E-state index < -0.39 is 8.45 Å². The van der Waals surface area contributed by atoms with Crippen molar-refractivity contribution in [3.8, 4) is 0 Å². The monoisotopic (exact) mass is 320 g/mol. The van der Waals surface area contributed by atoms with Gasteiger partial charge in [0.25, 0.3) is 0 Å². The molecule has 1 saturated carbocycles. The second-order valence-electron chi connectivity index (χ2n) is 7.00. The summed E-state index contributed by atoms with van der Waals surface area (Å²) in [4.78, 5) is 0. The molecule has 0 radical (unpaired) electrons. The highest BCUT2D eigenvalue weighted by Crippen LogP contribution is 2.58. The molecule has 3 atom stereocenters. The van der Waals surface area contributed by atoms with Gasteiger partial charge in [-0.15, -0.1) is 0 Å². The zero-order chi connectivity index (χ0) is 15.7. The van der Waals surface area contributed by atoms with Crippen molar-refractivity contribution in [2.75, 3.05) is 14.1 Å². The first-order valence-corrected chi connectivity index (χ1v) is 9.73. The Kier molecular flexibility index (Phi) is 5.19. The van der Waals surface area contributed by atoms with Crippen LogP contribution in [0.4, 0.5) is 0 Å². The second-order valence-corrected chi connectivity index (χ2v) is 8.98. The Labute approximate surface area is 136 Å². The Balaban J connectivity index is 1.78. The summed E-state index contributed by atoms with van der Waals surface area (Å²) in [6.07, 6.45) is 5.57. The summed E-state index contributed by atoms with van der Waals surface area (Å²) < 4.78 is 11.7. The van der Waals surface area contributed by atoms with Crippen LogP contribution in [0.15, 0.2) is 30.3 Å². The van der Waals surface area contributed by atoms with Crippen LogP contribution in [0, 0.1) is 5.92 Å². The van der Waals surface area contributed by atoms with Crippen LogP contribution in [0.3, 0.4) is 0 Å². The molecule has 1 aromatic rings. The molecule has 1 aliphatic heterocycles. The molecule has 0 aromatic heterocycles. The average Bonchev–Trinajstić information content (AvgIpc) is 2.78. The van der Waals surface area contributed by atoms with Crippen molar-refractivity contribution in [2.45, 2.75) is 57.7 Å². The molecule has 0 N–H and O–H groups in total. The Bertz CT molecular complexity index is 463. The lowest BCUT2D eigenvalue weighted by Gasteiger charge is -2.31. The van der Waals surface area contributed by atoms with Gasteiger partial charge in [0, 0.05) is 12.1 Å². The molecule has 1 saturated heterocycles. The summed E-state index contributed by atoms with van der Waals surface area (Å²) in [5.74, 6) is 0.481. The maximum absolute atomic E-state index is 6.69. The predicted octanol–water partition coefficient (Wildman–Crippen LogP) is 4.82. The molecule has 3 rings (SSSR count). The summed E-state index contributed by atoms with van der Waals surface area (Å²) in [5.41, 5.74) is 1.30. The highest BCUT2D eigenvalue weighted by Gasteiger charge is 2.46. The molecule has 1 heterocycles. The Morgan fingerprint density at radius 2 is 1.55 bits per heavy atom. The molecule has 0 bridgehead atoms. The van der Waals surface area contributed by atoms with Gasteiger partial charge in [0.1, 0.15) is 0 Å². The maximum Gasteiger partial charge on any atom is 0.188 e. The van der Waals surface area contributed by atoms with E-state index in [9.17, 15) is 0 Å². The normalized spacial score (nSPS) is 29.0. The van der Waals surface area contributed by atoms with Gasteiger partial charge in [-0.05, 0) is 38.4 Å². The van der Waals surface area contributed by atoms with Crippen LogP contribution in [-0.2, 0) is 4.52 Å². The van der Waals surface area contributed by atoms with Crippen molar-refractivity contribution >= 4 is 8.45 Å². The predicted molar refractivity (Wildman–Crippen MR) is 93.6 cm³/mol.